The molecule has 0 radical (unpaired) electrons. The lowest BCUT2D eigenvalue weighted by Gasteiger charge is -2.25. The second kappa shape index (κ2) is 4.75. The normalized spacial score (nSPS) is 26.8. The summed E-state index contributed by atoms with van der Waals surface area (Å²) in [7, 11) is 0. The minimum absolute atomic E-state index is 0.607. The molecule has 1 heterocycles. The standard InChI is InChI=1S/C11H20N4/c1-9-2-4-10(5-3-9)11-14-13-8-15(11)7-6-12/h8-10H,2-7,12H2,1H3. The molecule has 15 heavy (non-hydrogen) atoms. The van der Waals surface area contributed by atoms with Gasteiger partial charge >= 0.3 is 0 Å². The molecular weight excluding hydrogens is 188 g/mol. The highest BCUT2D eigenvalue weighted by molar-refractivity contribution is 4.98. The van der Waals surface area contributed by atoms with Gasteiger partial charge in [0.05, 0.1) is 0 Å². The van der Waals surface area contributed by atoms with Crippen LogP contribution in [0, 0.1) is 5.92 Å². The number of nitrogens with two attached hydrogens (primary N) is 1. The van der Waals surface area contributed by atoms with E-state index in [2.05, 4.69) is 21.7 Å². The summed E-state index contributed by atoms with van der Waals surface area (Å²) in [5, 5.41) is 8.23. The van der Waals surface area contributed by atoms with Crippen LogP contribution in [0.4, 0.5) is 0 Å². The number of aromatic nitrogens is 3. The Kier molecular flexibility index (Phi) is 3.36. The summed E-state index contributed by atoms with van der Waals surface area (Å²) in [6.45, 7) is 3.84. The van der Waals surface area contributed by atoms with Crippen LogP contribution in [0.5, 0.6) is 0 Å². The Bertz CT molecular complexity index is 299. The third-order valence-electron chi connectivity index (χ3n) is 3.40. The summed E-state index contributed by atoms with van der Waals surface area (Å²) in [6, 6.07) is 0. The second-order valence-corrected chi connectivity index (χ2v) is 4.63. The largest absolute Gasteiger partial charge is 0.329 e. The monoisotopic (exact) mass is 208 g/mol. The minimum atomic E-state index is 0.607. The highest BCUT2D eigenvalue weighted by Crippen LogP contribution is 2.34. The predicted octanol–water partition coefficient (Wildman–Crippen LogP) is 1.53. The third-order valence-corrected chi connectivity index (χ3v) is 3.40. The van der Waals surface area contributed by atoms with Crippen LogP contribution in [-0.4, -0.2) is 21.3 Å². The van der Waals surface area contributed by atoms with Gasteiger partial charge in [0.1, 0.15) is 12.2 Å². The molecule has 1 aliphatic rings. The van der Waals surface area contributed by atoms with Gasteiger partial charge in [-0.05, 0) is 18.8 Å². The fraction of sp³-hybridized carbons (Fsp3) is 0.818. The molecule has 0 unspecified atom stereocenters. The lowest BCUT2D eigenvalue weighted by atomic mass is 9.82. The molecule has 0 aliphatic heterocycles. The summed E-state index contributed by atoms with van der Waals surface area (Å²) >= 11 is 0. The minimum Gasteiger partial charge on any atom is -0.329 e. The molecule has 0 aromatic carbocycles. The van der Waals surface area contributed by atoms with Crippen molar-refractivity contribution in [2.45, 2.75) is 45.1 Å². The van der Waals surface area contributed by atoms with E-state index in [0.29, 0.717) is 12.5 Å². The van der Waals surface area contributed by atoms with Crippen molar-refractivity contribution >= 4 is 0 Å². The molecule has 1 aromatic rings. The van der Waals surface area contributed by atoms with Crippen molar-refractivity contribution < 1.29 is 0 Å². The lowest BCUT2D eigenvalue weighted by Crippen LogP contribution is -2.18. The maximum absolute atomic E-state index is 5.56. The van der Waals surface area contributed by atoms with Crippen molar-refractivity contribution in [2.24, 2.45) is 11.7 Å². The Morgan fingerprint density at radius 2 is 2.13 bits per heavy atom. The molecule has 0 bridgehead atoms. The van der Waals surface area contributed by atoms with E-state index < -0.39 is 0 Å². The number of nitrogens with zero attached hydrogens (tertiary/aromatic N) is 3. The second-order valence-electron chi connectivity index (χ2n) is 4.63. The van der Waals surface area contributed by atoms with Gasteiger partial charge in [0.25, 0.3) is 0 Å². The van der Waals surface area contributed by atoms with Gasteiger partial charge in [0.15, 0.2) is 0 Å². The van der Waals surface area contributed by atoms with E-state index in [1.807, 2.05) is 0 Å². The average Bonchev–Trinajstić information content (AvgIpc) is 2.68. The molecule has 1 saturated carbocycles. The Labute approximate surface area is 90.9 Å². The fourth-order valence-electron chi connectivity index (χ4n) is 2.41. The first-order chi connectivity index (χ1) is 7.31. The van der Waals surface area contributed by atoms with Crippen molar-refractivity contribution in [3.8, 4) is 0 Å². The third kappa shape index (κ3) is 2.37. The molecule has 1 fully saturated rings. The van der Waals surface area contributed by atoms with Crippen molar-refractivity contribution in [1.82, 2.24) is 14.8 Å². The smallest absolute Gasteiger partial charge is 0.135 e. The van der Waals surface area contributed by atoms with Gasteiger partial charge in [-0.15, -0.1) is 10.2 Å². The van der Waals surface area contributed by atoms with E-state index >= 15 is 0 Å². The van der Waals surface area contributed by atoms with Gasteiger partial charge in [-0.2, -0.15) is 0 Å². The van der Waals surface area contributed by atoms with Gasteiger partial charge in [0, 0.05) is 19.0 Å². The predicted molar refractivity (Wildman–Crippen MR) is 59.4 cm³/mol. The molecule has 0 saturated heterocycles. The number of hydrogen-bond donors (Lipinski definition) is 1. The summed E-state index contributed by atoms with van der Waals surface area (Å²) in [5.74, 6) is 2.63. The molecule has 2 rings (SSSR count). The summed E-state index contributed by atoms with van der Waals surface area (Å²) in [4.78, 5) is 0. The molecule has 4 heteroatoms. The van der Waals surface area contributed by atoms with Crippen LogP contribution in [0.1, 0.15) is 44.3 Å². The maximum Gasteiger partial charge on any atom is 0.135 e. The van der Waals surface area contributed by atoms with Gasteiger partial charge in [-0.25, -0.2) is 0 Å². The van der Waals surface area contributed by atoms with Crippen LogP contribution in [0.2, 0.25) is 0 Å². The average molecular weight is 208 g/mol. The zero-order valence-electron chi connectivity index (χ0n) is 9.39. The SMILES string of the molecule is CC1CCC(c2nncn2CCN)CC1. The van der Waals surface area contributed by atoms with E-state index in [1.165, 1.54) is 25.7 Å². The van der Waals surface area contributed by atoms with Crippen molar-refractivity contribution in [3.05, 3.63) is 12.2 Å². The molecule has 1 aromatic heterocycles. The summed E-state index contributed by atoms with van der Waals surface area (Å²) in [5.41, 5.74) is 5.56. The molecule has 2 N–H and O–H groups in total. The molecule has 1 aliphatic carbocycles. The molecule has 0 spiro atoms. The molecule has 84 valence electrons. The summed E-state index contributed by atoms with van der Waals surface area (Å²) < 4.78 is 2.11. The first-order valence-corrected chi connectivity index (χ1v) is 5.89. The molecule has 0 amide bonds. The first kappa shape index (κ1) is 10.6. The van der Waals surface area contributed by atoms with Crippen molar-refractivity contribution in [2.75, 3.05) is 6.54 Å². The highest BCUT2D eigenvalue weighted by Gasteiger charge is 2.23. The van der Waals surface area contributed by atoms with Crippen LogP contribution in [0.15, 0.2) is 6.33 Å². The quantitative estimate of drug-likeness (QED) is 0.819. The van der Waals surface area contributed by atoms with E-state index in [9.17, 15) is 0 Å². The number of hydrogen-bond acceptors (Lipinski definition) is 3. The Balaban J connectivity index is 2.05. The zero-order valence-corrected chi connectivity index (χ0v) is 9.39. The topological polar surface area (TPSA) is 56.7 Å². The fourth-order valence-corrected chi connectivity index (χ4v) is 2.41. The van der Waals surface area contributed by atoms with Crippen LogP contribution < -0.4 is 5.73 Å². The van der Waals surface area contributed by atoms with Gasteiger partial charge in [-0.1, -0.05) is 19.8 Å². The van der Waals surface area contributed by atoms with E-state index in [4.69, 9.17) is 5.73 Å². The van der Waals surface area contributed by atoms with E-state index in [-0.39, 0.29) is 0 Å². The molecule has 0 atom stereocenters. The Morgan fingerprint density at radius 3 is 2.80 bits per heavy atom. The van der Waals surface area contributed by atoms with Crippen molar-refractivity contribution in [1.29, 1.82) is 0 Å². The first-order valence-electron chi connectivity index (χ1n) is 5.89. The lowest BCUT2D eigenvalue weighted by molar-refractivity contribution is 0.333. The van der Waals surface area contributed by atoms with Gasteiger partial charge in [-0.3, -0.25) is 0 Å². The zero-order chi connectivity index (χ0) is 10.7. The van der Waals surface area contributed by atoms with Crippen LogP contribution in [-0.2, 0) is 6.54 Å². The van der Waals surface area contributed by atoms with Crippen LogP contribution in [0.3, 0.4) is 0 Å². The summed E-state index contributed by atoms with van der Waals surface area (Å²) in [6.07, 6.45) is 6.95. The highest BCUT2D eigenvalue weighted by atomic mass is 15.3. The Morgan fingerprint density at radius 1 is 1.40 bits per heavy atom. The molecular formula is C11H20N4. The maximum atomic E-state index is 5.56. The van der Waals surface area contributed by atoms with Crippen LogP contribution in [0.25, 0.3) is 0 Å². The Hall–Kier alpha value is -0.900. The number of rotatable bonds is 3. The van der Waals surface area contributed by atoms with E-state index in [0.717, 1.165) is 18.3 Å². The van der Waals surface area contributed by atoms with E-state index in [1.54, 1.807) is 6.33 Å². The molecule has 4 nitrogen and oxygen atoms in total. The van der Waals surface area contributed by atoms with Gasteiger partial charge in [0.2, 0.25) is 0 Å². The van der Waals surface area contributed by atoms with Gasteiger partial charge < -0.3 is 10.3 Å². The van der Waals surface area contributed by atoms with Crippen LogP contribution >= 0.6 is 0 Å². The van der Waals surface area contributed by atoms with Crippen molar-refractivity contribution in [3.63, 3.8) is 0 Å².